The van der Waals surface area contributed by atoms with E-state index in [0.717, 1.165) is 6.07 Å². The van der Waals surface area contributed by atoms with Crippen LogP contribution in [0, 0.1) is 0 Å². The van der Waals surface area contributed by atoms with E-state index in [0.29, 0.717) is 0 Å². The molecule has 1 aromatic heterocycles. The lowest BCUT2D eigenvalue weighted by Gasteiger charge is -2.06. The molecule has 7 heteroatoms. The van der Waals surface area contributed by atoms with Crippen LogP contribution in [0.25, 0.3) is 0 Å². The van der Waals surface area contributed by atoms with Crippen LogP contribution in [-0.4, -0.2) is 28.2 Å². The van der Waals surface area contributed by atoms with Gasteiger partial charge in [-0.05, 0) is 6.07 Å². The summed E-state index contributed by atoms with van der Waals surface area (Å²) in [6.45, 7) is 0.335. The van der Waals surface area contributed by atoms with E-state index in [1.165, 1.54) is 16.8 Å². The van der Waals surface area contributed by atoms with Crippen LogP contribution >= 0.6 is 0 Å². The molecule has 0 fully saturated rings. The Bertz CT molecular complexity index is 466. The number of carbonyl (C=O) groups excluding carboxylic acids is 1. The first-order chi connectivity index (χ1) is 7.50. The second-order valence-corrected chi connectivity index (χ2v) is 3.05. The maximum Gasteiger partial charge on any atom is 0.337 e. The first kappa shape index (κ1) is 11.8. The molecule has 0 saturated carbocycles. The number of urea groups is 1. The summed E-state index contributed by atoms with van der Waals surface area (Å²) in [6.07, 6.45) is 1.22. The van der Waals surface area contributed by atoms with E-state index < -0.39 is 12.0 Å². The standard InChI is InChI=1S/C9H11N3O4/c10-9(16)11-3-4-12-5-6(8(14)15)1-2-7(12)13/h1-2,5H,3-4H2,(H,14,15)(H3,10,11,16). The van der Waals surface area contributed by atoms with E-state index in [4.69, 9.17) is 10.8 Å². The van der Waals surface area contributed by atoms with E-state index in [9.17, 15) is 14.4 Å². The van der Waals surface area contributed by atoms with Gasteiger partial charge >= 0.3 is 12.0 Å². The summed E-state index contributed by atoms with van der Waals surface area (Å²) in [6, 6.07) is 1.69. The van der Waals surface area contributed by atoms with Crippen molar-refractivity contribution in [1.82, 2.24) is 9.88 Å². The van der Waals surface area contributed by atoms with Crippen molar-refractivity contribution in [3.63, 3.8) is 0 Å². The Morgan fingerprint density at radius 1 is 1.44 bits per heavy atom. The van der Waals surface area contributed by atoms with Crippen molar-refractivity contribution in [2.45, 2.75) is 6.54 Å². The second kappa shape index (κ2) is 4.96. The van der Waals surface area contributed by atoms with E-state index in [1.54, 1.807) is 0 Å². The number of hydrogen-bond acceptors (Lipinski definition) is 3. The molecular formula is C9H11N3O4. The Kier molecular flexibility index (Phi) is 3.65. The predicted molar refractivity (Wildman–Crippen MR) is 55.2 cm³/mol. The summed E-state index contributed by atoms with van der Waals surface area (Å²) >= 11 is 0. The summed E-state index contributed by atoms with van der Waals surface area (Å²) in [5.41, 5.74) is 4.52. The number of aromatic nitrogens is 1. The van der Waals surface area contributed by atoms with Crippen LogP contribution in [0.5, 0.6) is 0 Å². The van der Waals surface area contributed by atoms with Crippen molar-refractivity contribution in [2.24, 2.45) is 5.73 Å². The molecule has 16 heavy (non-hydrogen) atoms. The molecule has 2 amide bonds. The van der Waals surface area contributed by atoms with Crippen LogP contribution in [-0.2, 0) is 6.54 Å². The number of primary amides is 1. The molecule has 1 aromatic rings. The molecule has 1 heterocycles. The smallest absolute Gasteiger partial charge is 0.337 e. The van der Waals surface area contributed by atoms with Crippen molar-refractivity contribution in [3.05, 3.63) is 34.2 Å². The number of carboxylic acids is 1. The fourth-order valence-electron chi connectivity index (χ4n) is 1.13. The van der Waals surface area contributed by atoms with Crippen molar-refractivity contribution < 1.29 is 14.7 Å². The summed E-state index contributed by atoms with van der Waals surface area (Å²) in [5.74, 6) is -1.11. The topological polar surface area (TPSA) is 114 Å². The molecule has 0 saturated heterocycles. The Hall–Kier alpha value is -2.31. The largest absolute Gasteiger partial charge is 0.478 e. The lowest BCUT2D eigenvalue weighted by molar-refractivity contribution is 0.0695. The lowest BCUT2D eigenvalue weighted by atomic mass is 10.3. The summed E-state index contributed by atoms with van der Waals surface area (Å²) in [4.78, 5) is 32.3. The van der Waals surface area contributed by atoms with E-state index >= 15 is 0 Å². The number of hydrogen-bond donors (Lipinski definition) is 3. The summed E-state index contributed by atoms with van der Waals surface area (Å²) in [7, 11) is 0. The number of carbonyl (C=O) groups is 2. The molecule has 4 N–H and O–H groups in total. The van der Waals surface area contributed by atoms with E-state index in [1.807, 2.05) is 0 Å². The zero-order valence-electron chi connectivity index (χ0n) is 8.34. The highest BCUT2D eigenvalue weighted by Gasteiger charge is 2.04. The number of nitrogens with one attached hydrogen (secondary N) is 1. The zero-order valence-corrected chi connectivity index (χ0v) is 8.34. The number of aromatic carboxylic acids is 1. The molecule has 0 aromatic carbocycles. The maximum absolute atomic E-state index is 11.3. The molecule has 0 atom stereocenters. The third-order valence-corrected chi connectivity index (χ3v) is 1.88. The Balaban J connectivity index is 2.78. The molecule has 1 rings (SSSR count). The van der Waals surface area contributed by atoms with E-state index in [-0.39, 0.29) is 24.2 Å². The van der Waals surface area contributed by atoms with Gasteiger partial charge in [0.25, 0.3) is 5.56 Å². The summed E-state index contributed by atoms with van der Waals surface area (Å²) in [5, 5.41) is 11.0. The van der Waals surface area contributed by atoms with Gasteiger partial charge in [-0.3, -0.25) is 4.79 Å². The molecule has 86 valence electrons. The average molecular weight is 225 g/mol. The van der Waals surface area contributed by atoms with Crippen molar-refractivity contribution >= 4 is 12.0 Å². The Morgan fingerprint density at radius 3 is 2.69 bits per heavy atom. The van der Waals surface area contributed by atoms with Crippen molar-refractivity contribution in [2.75, 3.05) is 6.54 Å². The number of rotatable bonds is 4. The van der Waals surface area contributed by atoms with Gasteiger partial charge in [0, 0.05) is 25.4 Å². The average Bonchev–Trinajstić information content (AvgIpc) is 2.20. The maximum atomic E-state index is 11.3. The highest BCUT2D eigenvalue weighted by Crippen LogP contribution is 1.95. The quantitative estimate of drug-likeness (QED) is 0.623. The highest BCUT2D eigenvalue weighted by molar-refractivity contribution is 5.87. The second-order valence-electron chi connectivity index (χ2n) is 3.05. The molecule has 0 aliphatic heterocycles. The molecule has 0 aliphatic carbocycles. The monoisotopic (exact) mass is 225 g/mol. The van der Waals surface area contributed by atoms with Gasteiger partial charge in [0.15, 0.2) is 0 Å². The highest BCUT2D eigenvalue weighted by atomic mass is 16.4. The molecule has 0 radical (unpaired) electrons. The number of nitrogens with zero attached hydrogens (tertiary/aromatic N) is 1. The molecule has 7 nitrogen and oxygen atoms in total. The fraction of sp³-hybridized carbons (Fsp3) is 0.222. The van der Waals surface area contributed by atoms with Crippen LogP contribution in [0.15, 0.2) is 23.1 Å². The number of carboxylic acid groups (broad SMARTS) is 1. The number of pyridine rings is 1. The molecule has 0 spiro atoms. The summed E-state index contributed by atoms with van der Waals surface area (Å²) < 4.78 is 1.19. The van der Waals surface area contributed by atoms with Crippen LogP contribution < -0.4 is 16.6 Å². The van der Waals surface area contributed by atoms with Crippen LogP contribution in [0.3, 0.4) is 0 Å². The SMILES string of the molecule is NC(=O)NCCn1cc(C(=O)O)ccc1=O. The molecule has 0 aliphatic rings. The van der Waals surface area contributed by atoms with Crippen molar-refractivity contribution in [1.29, 1.82) is 0 Å². The first-order valence-corrected chi connectivity index (χ1v) is 4.48. The number of amides is 2. The Labute approximate surface area is 90.5 Å². The van der Waals surface area contributed by atoms with Gasteiger partial charge in [0.2, 0.25) is 0 Å². The van der Waals surface area contributed by atoms with Crippen LogP contribution in [0.2, 0.25) is 0 Å². The van der Waals surface area contributed by atoms with Crippen molar-refractivity contribution in [3.8, 4) is 0 Å². The lowest BCUT2D eigenvalue weighted by Crippen LogP contribution is -2.34. The normalized spacial score (nSPS) is 9.75. The molecular weight excluding hydrogens is 214 g/mol. The van der Waals surface area contributed by atoms with Crippen LogP contribution in [0.1, 0.15) is 10.4 Å². The zero-order chi connectivity index (χ0) is 12.1. The van der Waals surface area contributed by atoms with Gasteiger partial charge in [0.05, 0.1) is 5.56 Å². The van der Waals surface area contributed by atoms with Crippen LogP contribution in [0.4, 0.5) is 4.79 Å². The molecule has 0 bridgehead atoms. The third-order valence-electron chi connectivity index (χ3n) is 1.88. The van der Waals surface area contributed by atoms with Gasteiger partial charge in [-0.1, -0.05) is 0 Å². The van der Waals surface area contributed by atoms with E-state index in [2.05, 4.69) is 5.32 Å². The van der Waals surface area contributed by atoms with Gasteiger partial charge < -0.3 is 20.7 Å². The van der Waals surface area contributed by atoms with Gasteiger partial charge in [0.1, 0.15) is 0 Å². The predicted octanol–water partition coefficient (Wildman–Crippen LogP) is -0.785. The first-order valence-electron chi connectivity index (χ1n) is 4.48. The molecule has 0 unspecified atom stereocenters. The van der Waals surface area contributed by atoms with Gasteiger partial charge in [-0.15, -0.1) is 0 Å². The third kappa shape index (κ3) is 3.12. The minimum Gasteiger partial charge on any atom is -0.478 e. The minimum atomic E-state index is -1.11. The Morgan fingerprint density at radius 2 is 2.12 bits per heavy atom. The fourth-order valence-corrected chi connectivity index (χ4v) is 1.13. The van der Waals surface area contributed by atoms with Gasteiger partial charge in [-0.25, -0.2) is 9.59 Å². The van der Waals surface area contributed by atoms with Gasteiger partial charge in [-0.2, -0.15) is 0 Å². The minimum absolute atomic E-state index is 0.0127. The number of nitrogens with two attached hydrogens (primary N) is 1.